The van der Waals surface area contributed by atoms with Gasteiger partial charge in [0.15, 0.2) is 0 Å². The average molecular weight is 214 g/mol. The topological polar surface area (TPSA) is 60.2 Å². The number of hydrogen-bond acceptors (Lipinski definition) is 3. The van der Waals surface area contributed by atoms with Crippen molar-refractivity contribution in [3.05, 3.63) is 38.9 Å². The normalized spacial score (nSPS) is 9.79. The second-order valence-electron chi connectivity index (χ2n) is 2.74. The molecule has 0 N–H and O–H groups in total. The van der Waals surface area contributed by atoms with Crippen LogP contribution in [0.25, 0.3) is 0 Å². The first-order valence-electron chi connectivity index (χ1n) is 4.01. The lowest BCUT2D eigenvalue weighted by atomic mass is 10.1. The summed E-state index contributed by atoms with van der Waals surface area (Å²) in [5, 5.41) is 10.9. The zero-order valence-corrected chi connectivity index (χ0v) is 8.03. The molecule has 1 rings (SSSR count). The van der Waals surface area contributed by atoms with E-state index in [0.717, 1.165) is 6.29 Å². The highest BCUT2D eigenvalue weighted by molar-refractivity contribution is 6.31. The number of aryl methyl sites for hydroxylation is 1. The van der Waals surface area contributed by atoms with Gasteiger partial charge in [0.2, 0.25) is 0 Å². The number of aldehydes is 1. The number of carbonyl (C=O) groups is 1. The van der Waals surface area contributed by atoms with Gasteiger partial charge in [-0.15, -0.1) is 0 Å². The lowest BCUT2D eigenvalue weighted by Gasteiger charge is -2.00. The highest BCUT2D eigenvalue weighted by Gasteiger charge is 2.08. The minimum absolute atomic E-state index is 0.00435. The summed E-state index contributed by atoms with van der Waals surface area (Å²) in [7, 11) is 0. The largest absolute Gasteiger partial charge is 0.303 e. The van der Waals surface area contributed by atoms with Crippen LogP contribution in [0, 0.1) is 10.1 Å². The maximum absolute atomic E-state index is 10.4. The lowest BCUT2D eigenvalue weighted by molar-refractivity contribution is -0.384. The molecule has 14 heavy (non-hydrogen) atoms. The molecule has 5 heteroatoms. The molecule has 0 heterocycles. The molecule has 1 aromatic carbocycles. The third-order valence-electron chi connectivity index (χ3n) is 1.77. The van der Waals surface area contributed by atoms with Crippen molar-refractivity contribution in [2.24, 2.45) is 0 Å². The molecule has 4 nitrogen and oxygen atoms in total. The SMILES string of the molecule is O=CCCc1cc([N+](=O)[O-])ccc1Cl. The molecule has 0 aromatic heterocycles. The van der Waals surface area contributed by atoms with E-state index in [9.17, 15) is 14.9 Å². The molecule has 0 bridgehead atoms. The number of nitro benzene ring substituents is 1. The third-order valence-corrected chi connectivity index (χ3v) is 2.14. The van der Waals surface area contributed by atoms with Crippen molar-refractivity contribution >= 4 is 23.6 Å². The first-order valence-corrected chi connectivity index (χ1v) is 4.39. The van der Waals surface area contributed by atoms with Crippen LogP contribution in [0.15, 0.2) is 18.2 Å². The summed E-state index contributed by atoms with van der Waals surface area (Å²) in [6.07, 6.45) is 1.51. The van der Waals surface area contributed by atoms with Gasteiger partial charge in [0.1, 0.15) is 6.29 Å². The van der Waals surface area contributed by atoms with Gasteiger partial charge in [-0.3, -0.25) is 10.1 Å². The summed E-state index contributed by atoms with van der Waals surface area (Å²) in [6.45, 7) is 0. The molecule has 0 unspecified atom stereocenters. The molecule has 0 aliphatic carbocycles. The Balaban J connectivity index is 2.95. The van der Waals surface area contributed by atoms with E-state index in [1.54, 1.807) is 0 Å². The van der Waals surface area contributed by atoms with Crippen molar-refractivity contribution in [1.82, 2.24) is 0 Å². The molecule has 0 saturated carbocycles. The zero-order chi connectivity index (χ0) is 10.6. The number of halogens is 1. The molecule has 1 aromatic rings. The van der Waals surface area contributed by atoms with E-state index >= 15 is 0 Å². The lowest BCUT2D eigenvalue weighted by Crippen LogP contribution is -1.92. The summed E-state index contributed by atoms with van der Waals surface area (Å²) in [5.74, 6) is 0. The maximum atomic E-state index is 10.4. The number of hydrogen-bond donors (Lipinski definition) is 0. The molecule has 0 radical (unpaired) electrons. The Labute approximate surface area is 85.6 Å². The van der Waals surface area contributed by atoms with Gasteiger partial charge in [-0.25, -0.2) is 0 Å². The Morgan fingerprint density at radius 1 is 1.50 bits per heavy atom. The summed E-state index contributed by atoms with van der Waals surface area (Å²) in [5.41, 5.74) is 0.628. The zero-order valence-electron chi connectivity index (χ0n) is 7.27. The second-order valence-corrected chi connectivity index (χ2v) is 3.15. The maximum Gasteiger partial charge on any atom is 0.269 e. The van der Waals surface area contributed by atoms with Gasteiger partial charge in [-0.2, -0.15) is 0 Å². The van der Waals surface area contributed by atoms with Crippen LogP contribution in [0.3, 0.4) is 0 Å². The Hall–Kier alpha value is -1.42. The fourth-order valence-electron chi connectivity index (χ4n) is 1.08. The summed E-state index contributed by atoms with van der Waals surface area (Å²) in [4.78, 5) is 20.1. The van der Waals surface area contributed by atoms with E-state index < -0.39 is 4.92 Å². The molecule has 0 spiro atoms. The van der Waals surface area contributed by atoms with Crippen LogP contribution >= 0.6 is 11.6 Å². The van der Waals surface area contributed by atoms with Crippen molar-refractivity contribution < 1.29 is 9.72 Å². The average Bonchev–Trinajstić information content (AvgIpc) is 2.16. The van der Waals surface area contributed by atoms with Crippen LogP contribution in [0.5, 0.6) is 0 Å². The molecular weight excluding hydrogens is 206 g/mol. The van der Waals surface area contributed by atoms with Crippen molar-refractivity contribution in [2.75, 3.05) is 0 Å². The van der Waals surface area contributed by atoms with E-state index in [4.69, 9.17) is 11.6 Å². The van der Waals surface area contributed by atoms with E-state index in [2.05, 4.69) is 0 Å². The van der Waals surface area contributed by atoms with Crippen LogP contribution in [0.4, 0.5) is 5.69 Å². The molecule has 74 valence electrons. The van der Waals surface area contributed by atoms with Crippen LogP contribution in [0.1, 0.15) is 12.0 Å². The quantitative estimate of drug-likeness (QED) is 0.438. The van der Waals surface area contributed by atoms with Gasteiger partial charge in [-0.1, -0.05) is 11.6 Å². The summed E-state index contributed by atoms with van der Waals surface area (Å²) >= 11 is 5.80. The molecule has 0 fully saturated rings. The smallest absolute Gasteiger partial charge is 0.269 e. The molecule has 0 saturated heterocycles. The number of carbonyl (C=O) groups excluding carboxylic acids is 1. The fourth-order valence-corrected chi connectivity index (χ4v) is 1.29. The fraction of sp³-hybridized carbons (Fsp3) is 0.222. The van der Waals surface area contributed by atoms with Gasteiger partial charge in [0.05, 0.1) is 4.92 Å². The number of benzene rings is 1. The Morgan fingerprint density at radius 3 is 2.79 bits per heavy atom. The molecular formula is C9H8ClNO3. The summed E-state index contributed by atoms with van der Waals surface area (Å²) < 4.78 is 0. The number of non-ortho nitro benzene ring substituents is 1. The number of rotatable bonds is 4. The van der Waals surface area contributed by atoms with Gasteiger partial charge in [0.25, 0.3) is 5.69 Å². The molecule has 0 aliphatic rings. The third kappa shape index (κ3) is 2.53. The van der Waals surface area contributed by atoms with Crippen LogP contribution in [0.2, 0.25) is 5.02 Å². The predicted molar refractivity (Wildman–Crippen MR) is 52.5 cm³/mol. The first kappa shape index (κ1) is 10.7. The van der Waals surface area contributed by atoms with Crippen molar-refractivity contribution in [3.8, 4) is 0 Å². The summed E-state index contributed by atoms with van der Waals surface area (Å²) in [6, 6.07) is 4.21. The Kier molecular flexibility index (Phi) is 3.59. The number of nitro groups is 1. The highest BCUT2D eigenvalue weighted by atomic mass is 35.5. The van der Waals surface area contributed by atoms with E-state index in [-0.39, 0.29) is 5.69 Å². The van der Waals surface area contributed by atoms with Crippen LogP contribution < -0.4 is 0 Å². The van der Waals surface area contributed by atoms with Crippen molar-refractivity contribution in [3.63, 3.8) is 0 Å². The van der Waals surface area contributed by atoms with Crippen LogP contribution in [-0.4, -0.2) is 11.2 Å². The monoisotopic (exact) mass is 213 g/mol. The van der Waals surface area contributed by atoms with Gasteiger partial charge in [-0.05, 0) is 18.1 Å². The Morgan fingerprint density at radius 2 is 2.21 bits per heavy atom. The molecule has 0 atom stereocenters. The van der Waals surface area contributed by atoms with E-state index in [1.807, 2.05) is 0 Å². The standard InChI is InChI=1S/C9H8ClNO3/c10-9-4-3-8(11(13)14)6-7(9)2-1-5-12/h3-6H,1-2H2. The van der Waals surface area contributed by atoms with Gasteiger partial charge in [0, 0.05) is 23.6 Å². The van der Waals surface area contributed by atoms with Crippen LogP contribution in [-0.2, 0) is 11.2 Å². The number of nitrogens with zero attached hydrogens (tertiary/aromatic N) is 1. The molecule has 0 amide bonds. The molecule has 0 aliphatic heterocycles. The highest BCUT2D eigenvalue weighted by Crippen LogP contribution is 2.22. The minimum Gasteiger partial charge on any atom is -0.303 e. The van der Waals surface area contributed by atoms with Gasteiger partial charge >= 0.3 is 0 Å². The minimum atomic E-state index is -0.485. The Bertz CT molecular complexity index is 365. The van der Waals surface area contributed by atoms with Crippen molar-refractivity contribution in [2.45, 2.75) is 12.8 Å². The van der Waals surface area contributed by atoms with Crippen molar-refractivity contribution in [1.29, 1.82) is 0 Å². The van der Waals surface area contributed by atoms with Gasteiger partial charge < -0.3 is 4.79 Å². The van der Waals surface area contributed by atoms with E-state index in [0.29, 0.717) is 23.4 Å². The predicted octanol–water partition coefficient (Wildman–Crippen LogP) is 2.38. The first-order chi connectivity index (χ1) is 6.65. The van der Waals surface area contributed by atoms with E-state index in [1.165, 1.54) is 18.2 Å². The second kappa shape index (κ2) is 4.72.